The van der Waals surface area contributed by atoms with Crippen molar-refractivity contribution in [1.82, 2.24) is 20.2 Å². The summed E-state index contributed by atoms with van der Waals surface area (Å²) in [4.78, 5) is 36.2. The van der Waals surface area contributed by atoms with E-state index in [0.717, 1.165) is 6.42 Å². The predicted octanol–water partition coefficient (Wildman–Crippen LogP) is 1.43. The zero-order chi connectivity index (χ0) is 19.8. The first-order chi connectivity index (χ1) is 12.9. The van der Waals surface area contributed by atoms with Gasteiger partial charge in [-0.3, -0.25) is 9.59 Å². The van der Waals surface area contributed by atoms with Crippen LogP contribution in [0.25, 0.3) is 0 Å². The second kappa shape index (κ2) is 10.7. The maximum Gasteiger partial charge on any atom is 0.230 e. The van der Waals surface area contributed by atoms with E-state index >= 15 is 0 Å². The number of aromatic nitrogens is 2. The van der Waals surface area contributed by atoms with E-state index in [4.69, 9.17) is 16.3 Å². The minimum atomic E-state index is -0.0788. The molecule has 1 aromatic heterocycles. The number of nitrogens with one attached hydrogen (secondary N) is 1. The number of piperazine rings is 1. The average molecular weight is 416 g/mol. The normalized spacial score (nSPS) is 17.1. The molecule has 1 fully saturated rings. The van der Waals surface area contributed by atoms with E-state index < -0.39 is 0 Å². The SMILES string of the molecule is COCCCNC(=O)CSc1nc(Cl)cc(N2CCN(C(C)=O)C(C)C2)n1. The second-order valence-corrected chi connectivity index (χ2v) is 7.65. The average Bonchev–Trinajstić information content (AvgIpc) is 2.62. The lowest BCUT2D eigenvalue weighted by Crippen LogP contribution is -2.53. The first-order valence-electron chi connectivity index (χ1n) is 8.86. The zero-order valence-electron chi connectivity index (χ0n) is 15.9. The molecular formula is C17H26ClN5O3S. The lowest BCUT2D eigenvalue weighted by molar-refractivity contribution is -0.131. The van der Waals surface area contributed by atoms with Gasteiger partial charge in [0.1, 0.15) is 11.0 Å². The summed E-state index contributed by atoms with van der Waals surface area (Å²) in [5, 5.41) is 3.63. The summed E-state index contributed by atoms with van der Waals surface area (Å²) in [7, 11) is 1.63. The number of rotatable bonds is 8. The van der Waals surface area contributed by atoms with E-state index in [1.807, 2.05) is 11.8 Å². The number of halogens is 1. The number of methoxy groups -OCH3 is 1. The number of thioether (sulfide) groups is 1. The molecule has 0 bridgehead atoms. The number of carbonyl (C=O) groups excluding carboxylic acids is 2. The maximum atomic E-state index is 11.9. The molecule has 1 unspecified atom stereocenters. The van der Waals surface area contributed by atoms with Gasteiger partial charge in [0.2, 0.25) is 11.8 Å². The topological polar surface area (TPSA) is 87.7 Å². The molecule has 1 saturated heterocycles. The van der Waals surface area contributed by atoms with Crippen LogP contribution in [0.3, 0.4) is 0 Å². The Hall–Kier alpha value is -1.58. The second-order valence-electron chi connectivity index (χ2n) is 6.32. The van der Waals surface area contributed by atoms with Gasteiger partial charge in [-0.05, 0) is 13.3 Å². The molecule has 0 saturated carbocycles. The van der Waals surface area contributed by atoms with Crippen LogP contribution in [0.4, 0.5) is 5.82 Å². The van der Waals surface area contributed by atoms with Crippen molar-refractivity contribution in [2.24, 2.45) is 0 Å². The van der Waals surface area contributed by atoms with Crippen molar-refractivity contribution in [2.75, 3.05) is 50.5 Å². The van der Waals surface area contributed by atoms with Gasteiger partial charge < -0.3 is 19.9 Å². The van der Waals surface area contributed by atoms with Gasteiger partial charge in [-0.2, -0.15) is 0 Å². The lowest BCUT2D eigenvalue weighted by atomic mass is 10.2. The Kier molecular flexibility index (Phi) is 8.59. The van der Waals surface area contributed by atoms with Crippen LogP contribution in [0.2, 0.25) is 5.15 Å². The molecule has 2 amide bonds. The number of anilines is 1. The van der Waals surface area contributed by atoms with Crippen LogP contribution in [0.5, 0.6) is 0 Å². The molecule has 0 aliphatic carbocycles. The molecular weight excluding hydrogens is 390 g/mol. The first kappa shape index (κ1) is 21.7. The van der Waals surface area contributed by atoms with Gasteiger partial charge in [-0.15, -0.1) is 0 Å². The largest absolute Gasteiger partial charge is 0.385 e. The van der Waals surface area contributed by atoms with Crippen molar-refractivity contribution in [2.45, 2.75) is 31.5 Å². The van der Waals surface area contributed by atoms with Crippen molar-refractivity contribution in [3.8, 4) is 0 Å². The van der Waals surface area contributed by atoms with Crippen LogP contribution >= 0.6 is 23.4 Å². The van der Waals surface area contributed by atoms with E-state index in [2.05, 4.69) is 20.2 Å². The smallest absolute Gasteiger partial charge is 0.230 e. The molecule has 1 aliphatic heterocycles. The van der Waals surface area contributed by atoms with Gasteiger partial charge in [0.15, 0.2) is 5.16 Å². The molecule has 0 aromatic carbocycles. The molecule has 1 aromatic rings. The van der Waals surface area contributed by atoms with Gasteiger partial charge >= 0.3 is 0 Å². The van der Waals surface area contributed by atoms with Crippen molar-refractivity contribution >= 4 is 41.0 Å². The van der Waals surface area contributed by atoms with E-state index in [0.29, 0.717) is 48.9 Å². The molecule has 2 heterocycles. The van der Waals surface area contributed by atoms with Crippen molar-refractivity contribution < 1.29 is 14.3 Å². The van der Waals surface area contributed by atoms with Gasteiger partial charge in [0.25, 0.3) is 0 Å². The molecule has 1 N–H and O–H groups in total. The number of carbonyl (C=O) groups is 2. The summed E-state index contributed by atoms with van der Waals surface area (Å²) in [5.74, 6) is 0.940. The molecule has 1 aliphatic rings. The summed E-state index contributed by atoms with van der Waals surface area (Å²) < 4.78 is 4.95. The van der Waals surface area contributed by atoms with Gasteiger partial charge in [-0.1, -0.05) is 23.4 Å². The molecule has 150 valence electrons. The highest BCUT2D eigenvalue weighted by atomic mass is 35.5. The summed E-state index contributed by atoms with van der Waals surface area (Å²) in [5.41, 5.74) is 0. The van der Waals surface area contributed by atoms with Crippen molar-refractivity contribution in [3.63, 3.8) is 0 Å². The monoisotopic (exact) mass is 415 g/mol. The Labute approximate surface area is 169 Å². The van der Waals surface area contributed by atoms with Crippen LogP contribution in [-0.2, 0) is 14.3 Å². The van der Waals surface area contributed by atoms with E-state index in [-0.39, 0.29) is 23.6 Å². The zero-order valence-corrected chi connectivity index (χ0v) is 17.5. The quantitative estimate of drug-likeness (QED) is 0.297. The van der Waals surface area contributed by atoms with E-state index in [1.54, 1.807) is 20.1 Å². The molecule has 0 radical (unpaired) electrons. The third kappa shape index (κ3) is 6.82. The summed E-state index contributed by atoms with van der Waals surface area (Å²) in [6.07, 6.45) is 0.773. The molecule has 0 spiro atoms. The third-order valence-electron chi connectivity index (χ3n) is 4.20. The van der Waals surface area contributed by atoms with Crippen LogP contribution in [0.15, 0.2) is 11.2 Å². The summed E-state index contributed by atoms with van der Waals surface area (Å²) >= 11 is 7.40. The Morgan fingerprint density at radius 3 is 2.85 bits per heavy atom. The number of hydrogen-bond acceptors (Lipinski definition) is 7. The lowest BCUT2D eigenvalue weighted by Gasteiger charge is -2.40. The fourth-order valence-corrected chi connectivity index (χ4v) is 3.78. The van der Waals surface area contributed by atoms with Gasteiger partial charge in [-0.25, -0.2) is 9.97 Å². The van der Waals surface area contributed by atoms with Crippen LogP contribution in [-0.4, -0.2) is 78.4 Å². The molecule has 1 atom stereocenters. The minimum absolute atomic E-state index is 0.0788. The van der Waals surface area contributed by atoms with Crippen LogP contribution in [0.1, 0.15) is 20.3 Å². The van der Waals surface area contributed by atoms with Crippen LogP contribution < -0.4 is 10.2 Å². The number of ether oxygens (including phenoxy) is 1. The number of hydrogen-bond donors (Lipinski definition) is 1. The number of nitrogens with zero attached hydrogens (tertiary/aromatic N) is 4. The highest BCUT2D eigenvalue weighted by molar-refractivity contribution is 7.99. The maximum absolute atomic E-state index is 11.9. The Bertz CT molecular complexity index is 663. The van der Waals surface area contributed by atoms with E-state index in [1.165, 1.54) is 11.8 Å². The number of amides is 2. The Morgan fingerprint density at radius 2 is 2.19 bits per heavy atom. The summed E-state index contributed by atoms with van der Waals surface area (Å²) in [6, 6.07) is 1.81. The fourth-order valence-electron chi connectivity index (χ4n) is 2.87. The highest BCUT2D eigenvalue weighted by Crippen LogP contribution is 2.24. The standard InChI is InChI=1S/C17H26ClN5O3S/c1-12-10-22(6-7-23(12)13(2)24)15-9-14(18)20-17(21-15)27-11-16(25)19-5-4-8-26-3/h9,12H,4-8,10-11H2,1-3H3,(H,19,25). The predicted molar refractivity (Wildman–Crippen MR) is 106 cm³/mol. The summed E-state index contributed by atoms with van der Waals surface area (Å²) in [6.45, 7) is 6.79. The minimum Gasteiger partial charge on any atom is -0.385 e. The van der Waals surface area contributed by atoms with E-state index in [9.17, 15) is 9.59 Å². The van der Waals surface area contributed by atoms with Gasteiger partial charge in [0.05, 0.1) is 5.75 Å². The van der Waals surface area contributed by atoms with Crippen molar-refractivity contribution in [3.05, 3.63) is 11.2 Å². The molecule has 10 heteroatoms. The fraction of sp³-hybridized carbons (Fsp3) is 0.647. The van der Waals surface area contributed by atoms with Gasteiger partial charge in [0, 0.05) is 58.9 Å². The van der Waals surface area contributed by atoms with Crippen molar-refractivity contribution in [1.29, 1.82) is 0 Å². The van der Waals surface area contributed by atoms with Crippen LogP contribution in [0, 0.1) is 0 Å². The highest BCUT2D eigenvalue weighted by Gasteiger charge is 2.26. The third-order valence-corrected chi connectivity index (χ3v) is 5.24. The Balaban J connectivity index is 1.92. The molecule has 27 heavy (non-hydrogen) atoms. The Morgan fingerprint density at radius 1 is 1.41 bits per heavy atom. The first-order valence-corrected chi connectivity index (χ1v) is 10.2. The molecule has 8 nitrogen and oxygen atoms in total. The molecule has 2 rings (SSSR count).